The van der Waals surface area contributed by atoms with Crippen LogP contribution in [-0.2, 0) is 29.0 Å². The van der Waals surface area contributed by atoms with Gasteiger partial charge in [0.25, 0.3) is 0 Å². The smallest absolute Gasteiger partial charge is 0.235 e. The summed E-state index contributed by atoms with van der Waals surface area (Å²) in [5, 5.41) is 25.2. The van der Waals surface area contributed by atoms with Gasteiger partial charge in [-0.1, -0.05) is 11.8 Å². The lowest BCUT2D eigenvalue weighted by atomic mass is 9.96. The quantitative estimate of drug-likeness (QED) is 0.483. The number of anilines is 2. The zero-order valence-corrected chi connectivity index (χ0v) is 20.1. The van der Waals surface area contributed by atoms with E-state index in [9.17, 15) is 14.9 Å². The molecule has 1 aromatic carbocycles. The second-order valence-electron chi connectivity index (χ2n) is 7.67. The van der Waals surface area contributed by atoms with Gasteiger partial charge in [0.05, 0.1) is 11.3 Å². The van der Waals surface area contributed by atoms with Crippen LogP contribution in [0.4, 0.5) is 10.7 Å². The number of rotatable bonds is 7. The van der Waals surface area contributed by atoms with Crippen molar-refractivity contribution in [3.05, 3.63) is 40.3 Å². The Bertz CT molecular complexity index is 1220. The van der Waals surface area contributed by atoms with Gasteiger partial charge in [0.2, 0.25) is 11.8 Å². The number of hydrogen-bond acceptors (Lipinski definition) is 7. The molecule has 8 nitrogen and oxygen atoms in total. The number of aryl methyl sites for hydroxylation is 1. The normalized spacial score (nSPS) is 12.6. The van der Waals surface area contributed by atoms with Crippen LogP contribution in [0.3, 0.4) is 0 Å². The van der Waals surface area contributed by atoms with E-state index >= 15 is 0 Å². The summed E-state index contributed by atoms with van der Waals surface area (Å²) in [5.74, 6) is 0.586. The van der Waals surface area contributed by atoms with Crippen LogP contribution in [0.15, 0.2) is 29.4 Å². The average molecular weight is 481 g/mol. The van der Waals surface area contributed by atoms with Crippen molar-refractivity contribution in [2.24, 2.45) is 0 Å². The Kier molecular flexibility index (Phi) is 7.11. The van der Waals surface area contributed by atoms with Crippen molar-refractivity contribution < 1.29 is 9.59 Å². The van der Waals surface area contributed by atoms with Crippen LogP contribution in [0.5, 0.6) is 0 Å². The summed E-state index contributed by atoms with van der Waals surface area (Å²) >= 11 is 2.84. The second kappa shape index (κ2) is 10.2. The van der Waals surface area contributed by atoms with Crippen LogP contribution in [0, 0.1) is 11.3 Å². The van der Waals surface area contributed by atoms with Crippen LogP contribution in [0.1, 0.15) is 42.7 Å². The molecule has 2 N–H and O–H groups in total. The van der Waals surface area contributed by atoms with Gasteiger partial charge in [-0.3, -0.25) is 9.59 Å². The molecule has 0 saturated heterocycles. The van der Waals surface area contributed by atoms with Gasteiger partial charge in [0.15, 0.2) is 11.0 Å². The summed E-state index contributed by atoms with van der Waals surface area (Å²) in [5.41, 5.74) is 3.32. The maximum atomic E-state index is 12.6. The number of nitrogens with zero attached hydrogens (tertiary/aromatic N) is 4. The molecule has 0 atom stereocenters. The van der Waals surface area contributed by atoms with E-state index < -0.39 is 0 Å². The van der Waals surface area contributed by atoms with Crippen molar-refractivity contribution >= 4 is 45.6 Å². The first-order valence-corrected chi connectivity index (χ1v) is 12.6. The summed E-state index contributed by atoms with van der Waals surface area (Å²) in [6.45, 7) is 4.11. The first kappa shape index (κ1) is 23.0. The van der Waals surface area contributed by atoms with Gasteiger partial charge in [-0.25, -0.2) is 0 Å². The third kappa shape index (κ3) is 5.10. The minimum Gasteiger partial charge on any atom is -0.326 e. The molecule has 2 heterocycles. The van der Waals surface area contributed by atoms with E-state index in [0.717, 1.165) is 36.8 Å². The Labute approximate surface area is 200 Å². The molecule has 0 fully saturated rings. The Hall–Kier alpha value is -3.16. The molecule has 0 unspecified atom stereocenters. The van der Waals surface area contributed by atoms with Crippen LogP contribution in [0.2, 0.25) is 0 Å². The Balaban J connectivity index is 1.43. The van der Waals surface area contributed by atoms with Gasteiger partial charge in [-0.05, 0) is 62.4 Å². The van der Waals surface area contributed by atoms with Gasteiger partial charge in [0.1, 0.15) is 11.1 Å². The number of hydrogen-bond donors (Lipinski definition) is 2. The highest BCUT2D eigenvalue weighted by Crippen LogP contribution is 2.37. The molecule has 2 amide bonds. The fourth-order valence-electron chi connectivity index (χ4n) is 3.87. The highest BCUT2D eigenvalue weighted by molar-refractivity contribution is 7.99. The first-order chi connectivity index (χ1) is 16.0. The van der Waals surface area contributed by atoms with Crippen molar-refractivity contribution in [2.75, 3.05) is 16.4 Å². The molecule has 0 radical (unpaired) electrons. The number of thioether (sulfide) groups is 1. The van der Waals surface area contributed by atoms with Crippen molar-refractivity contribution in [1.29, 1.82) is 5.26 Å². The maximum Gasteiger partial charge on any atom is 0.235 e. The summed E-state index contributed by atoms with van der Waals surface area (Å²) in [6, 6.07) is 9.67. The van der Waals surface area contributed by atoms with Crippen LogP contribution < -0.4 is 10.6 Å². The number of fused-ring (bicyclic) bond motifs is 1. The summed E-state index contributed by atoms with van der Waals surface area (Å²) < 4.78 is 1.95. The molecular formula is C23H24N6O2S2. The molecule has 0 saturated carbocycles. The lowest BCUT2D eigenvalue weighted by Crippen LogP contribution is -2.14. The standard InChI is InChI=1S/C23H24N6O2S2/c1-3-29-21(15-8-10-16(11-9-15)25-14(2)30)27-28-23(29)32-13-20(31)26-22-18(12-24)17-6-4-5-7-19(17)33-22/h8-11H,3-7,13H2,1-2H3,(H,25,30)(H,26,31). The van der Waals surface area contributed by atoms with Crippen molar-refractivity contribution in [3.8, 4) is 17.5 Å². The zero-order chi connectivity index (χ0) is 23.4. The molecule has 0 bridgehead atoms. The Morgan fingerprint density at radius 3 is 2.64 bits per heavy atom. The highest BCUT2D eigenvalue weighted by Gasteiger charge is 2.22. The lowest BCUT2D eigenvalue weighted by molar-refractivity contribution is -0.114. The maximum absolute atomic E-state index is 12.6. The molecular weight excluding hydrogens is 456 g/mol. The molecule has 1 aliphatic carbocycles. The third-order valence-corrected chi connectivity index (χ3v) is 7.54. The SMILES string of the molecule is CCn1c(SCC(=O)Nc2sc3c(c2C#N)CCCC3)nnc1-c1ccc(NC(C)=O)cc1. The van der Waals surface area contributed by atoms with E-state index in [4.69, 9.17) is 0 Å². The Morgan fingerprint density at radius 2 is 1.94 bits per heavy atom. The molecule has 0 aliphatic heterocycles. The van der Waals surface area contributed by atoms with E-state index in [1.165, 1.54) is 34.9 Å². The van der Waals surface area contributed by atoms with E-state index in [-0.39, 0.29) is 17.6 Å². The molecule has 170 valence electrons. The van der Waals surface area contributed by atoms with Gasteiger partial charge in [-0.2, -0.15) is 5.26 Å². The first-order valence-electron chi connectivity index (χ1n) is 10.8. The van der Waals surface area contributed by atoms with Crippen LogP contribution in [-0.4, -0.2) is 32.3 Å². The predicted molar refractivity (Wildman–Crippen MR) is 130 cm³/mol. The number of nitriles is 1. The molecule has 2 aromatic heterocycles. The second-order valence-corrected chi connectivity index (χ2v) is 9.72. The monoisotopic (exact) mass is 480 g/mol. The number of carbonyl (C=O) groups excluding carboxylic acids is 2. The number of benzene rings is 1. The fourth-order valence-corrected chi connectivity index (χ4v) is 5.92. The number of amides is 2. The van der Waals surface area contributed by atoms with Crippen molar-refractivity contribution in [3.63, 3.8) is 0 Å². The largest absolute Gasteiger partial charge is 0.326 e. The number of aromatic nitrogens is 3. The highest BCUT2D eigenvalue weighted by atomic mass is 32.2. The molecule has 10 heteroatoms. The topological polar surface area (TPSA) is 113 Å². The van der Waals surface area contributed by atoms with Gasteiger partial charge in [-0.15, -0.1) is 21.5 Å². The predicted octanol–water partition coefficient (Wildman–Crippen LogP) is 4.47. The van der Waals surface area contributed by atoms with E-state index in [2.05, 4.69) is 26.9 Å². The number of thiophene rings is 1. The third-order valence-electron chi connectivity index (χ3n) is 5.36. The van der Waals surface area contributed by atoms with Crippen LogP contribution in [0.25, 0.3) is 11.4 Å². The minimum atomic E-state index is -0.165. The average Bonchev–Trinajstić information content (AvgIpc) is 3.38. The van der Waals surface area contributed by atoms with E-state index in [1.54, 1.807) is 0 Å². The zero-order valence-electron chi connectivity index (χ0n) is 18.5. The van der Waals surface area contributed by atoms with Crippen molar-refractivity contribution in [1.82, 2.24) is 14.8 Å². The van der Waals surface area contributed by atoms with Gasteiger partial charge < -0.3 is 15.2 Å². The minimum absolute atomic E-state index is 0.124. The summed E-state index contributed by atoms with van der Waals surface area (Å²) in [6.07, 6.45) is 4.11. The van der Waals surface area contributed by atoms with Crippen molar-refractivity contribution in [2.45, 2.75) is 51.2 Å². The Morgan fingerprint density at radius 1 is 1.18 bits per heavy atom. The van der Waals surface area contributed by atoms with Gasteiger partial charge in [0, 0.05) is 29.6 Å². The van der Waals surface area contributed by atoms with E-state index in [0.29, 0.717) is 33.8 Å². The molecule has 0 spiro atoms. The number of carbonyl (C=O) groups is 2. The fraction of sp³-hybridized carbons (Fsp3) is 0.348. The van der Waals surface area contributed by atoms with Gasteiger partial charge >= 0.3 is 0 Å². The summed E-state index contributed by atoms with van der Waals surface area (Å²) in [4.78, 5) is 25.1. The molecule has 4 rings (SSSR count). The molecule has 3 aromatic rings. The molecule has 1 aliphatic rings. The molecule has 33 heavy (non-hydrogen) atoms. The van der Waals surface area contributed by atoms with Crippen LogP contribution >= 0.6 is 23.1 Å². The number of nitrogens with one attached hydrogen (secondary N) is 2. The lowest BCUT2D eigenvalue weighted by Gasteiger charge is -2.09. The van der Waals surface area contributed by atoms with E-state index in [1.807, 2.05) is 35.8 Å². The summed E-state index contributed by atoms with van der Waals surface area (Å²) in [7, 11) is 0.